The number of hydrazone groups is 1. The van der Waals surface area contributed by atoms with E-state index in [-0.39, 0.29) is 16.8 Å². The molecule has 3 aromatic rings. The Labute approximate surface area is 188 Å². The van der Waals surface area contributed by atoms with E-state index >= 15 is 0 Å². The number of aryl methyl sites for hydroxylation is 1. The Balaban J connectivity index is 1.74. The molecule has 0 unspecified atom stereocenters. The number of benzene rings is 3. The zero-order valence-electron chi connectivity index (χ0n) is 17.9. The predicted molar refractivity (Wildman–Crippen MR) is 123 cm³/mol. The van der Waals surface area contributed by atoms with Gasteiger partial charge in [-0.05, 0) is 37.1 Å². The highest BCUT2D eigenvalue weighted by Crippen LogP contribution is 2.39. The second kappa shape index (κ2) is 8.96. The van der Waals surface area contributed by atoms with Crippen LogP contribution >= 0.6 is 0 Å². The SMILES string of the molecule is CC[C@H](/C(=N/NS(=O)(=O)c1ccc(C)cc1)c1ccccc1)[C@H]1OC(=O)c2ccccc21. The van der Waals surface area contributed by atoms with Crippen molar-refractivity contribution in [3.05, 3.63) is 101 Å². The van der Waals surface area contributed by atoms with Crippen LogP contribution in [-0.4, -0.2) is 20.1 Å². The van der Waals surface area contributed by atoms with Crippen LogP contribution < -0.4 is 4.83 Å². The lowest BCUT2D eigenvalue weighted by atomic mass is 9.85. The van der Waals surface area contributed by atoms with Gasteiger partial charge in [0.25, 0.3) is 10.0 Å². The molecule has 0 saturated heterocycles. The van der Waals surface area contributed by atoms with Gasteiger partial charge in [0.05, 0.1) is 16.2 Å². The Kier molecular flexibility index (Phi) is 6.10. The van der Waals surface area contributed by atoms with Gasteiger partial charge in [0.1, 0.15) is 6.10 Å². The molecule has 0 fully saturated rings. The number of nitrogens with one attached hydrogen (secondary N) is 1. The fraction of sp³-hybridized carbons (Fsp3) is 0.200. The quantitative estimate of drug-likeness (QED) is 0.325. The van der Waals surface area contributed by atoms with Crippen molar-refractivity contribution in [1.29, 1.82) is 0 Å². The Morgan fingerprint density at radius 2 is 1.66 bits per heavy atom. The number of carbonyl (C=O) groups excluding carboxylic acids is 1. The molecule has 1 aliphatic rings. The third kappa shape index (κ3) is 4.29. The Bertz CT molecular complexity index is 1250. The van der Waals surface area contributed by atoms with E-state index in [1.807, 2.05) is 56.3 Å². The van der Waals surface area contributed by atoms with E-state index in [0.717, 1.165) is 16.7 Å². The maximum absolute atomic E-state index is 12.9. The number of esters is 1. The highest BCUT2D eigenvalue weighted by atomic mass is 32.2. The van der Waals surface area contributed by atoms with E-state index in [1.54, 1.807) is 36.4 Å². The number of hydrogen-bond donors (Lipinski definition) is 1. The lowest BCUT2D eigenvalue weighted by molar-refractivity contribution is 0.0308. The molecule has 1 heterocycles. The molecule has 0 spiro atoms. The van der Waals surface area contributed by atoms with E-state index < -0.39 is 16.1 Å². The fourth-order valence-electron chi connectivity index (χ4n) is 3.87. The number of cyclic esters (lactones) is 1. The highest BCUT2D eigenvalue weighted by molar-refractivity contribution is 7.89. The largest absolute Gasteiger partial charge is 0.453 e. The van der Waals surface area contributed by atoms with Crippen molar-refractivity contribution >= 4 is 21.7 Å². The first kappa shape index (κ1) is 21.8. The van der Waals surface area contributed by atoms with Gasteiger partial charge in [-0.25, -0.2) is 4.79 Å². The van der Waals surface area contributed by atoms with Crippen molar-refractivity contribution < 1.29 is 17.9 Å². The predicted octanol–water partition coefficient (Wildman–Crippen LogP) is 4.62. The summed E-state index contributed by atoms with van der Waals surface area (Å²) in [5.41, 5.74) is 3.55. The first-order valence-corrected chi connectivity index (χ1v) is 11.9. The van der Waals surface area contributed by atoms with Crippen molar-refractivity contribution in [2.75, 3.05) is 0 Å². The zero-order chi connectivity index (χ0) is 22.7. The average molecular weight is 449 g/mol. The van der Waals surface area contributed by atoms with Crippen LogP contribution in [-0.2, 0) is 14.8 Å². The molecule has 0 aliphatic carbocycles. The van der Waals surface area contributed by atoms with Crippen LogP contribution in [0.25, 0.3) is 0 Å². The molecule has 6 nitrogen and oxygen atoms in total. The summed E-state index contributed by atoms with van der Waals surface area (Å²) >= 11 is 0. The summed E-state index contributed by atoms with van der Waals surface area (Å²) in [7, 11) is -3.86. The van der Waals surface area contributed by atoms with Gasteiger partial charge in [-0.3, -0.25) is 0 Å². The molecule has 4 rings (SSSR count). The van der Waals surface area contributed by atoms with Crippen molar-refractivity contribution in [2.24, 2.45) is 11.0 Å². The molecule has 0 bridgehead atoms. The molecular formula is C25H24N2O4S. The monoisotopic (exact) mass is 448 g/mol. The maximum atomic E-state index is 12.9. The number of carbonyl (C=O) groups is 1. The van der Waals surface area contributed by atoms with E-state index in [4.69, 9.17) is 4.74 Å². The van der Waals surface area contributed by atoms with Crippen LogP contribution in [0.15, 0.2) is 88.9 Å². The summed E-state index contributed by atoms with van der Waals surface area (Å²) in [5.74, 6) is -0.720. The molecule has 0 radical (unpaired) electrons. The molecule has 1 N–H and O–H groups in total. The molecule has 2 atom stereocenters. The van der Waals surface area contributed by atoms with Crippen LogP contribution in [0, 0.1) is 12.8 Å². The Hall–Kier alpha value is -3.45. The van der Waals surface area contributed by atoms with Crippen LogP contribution in [0.2, 0.25) is 0 Å². The summed E-state index contributed by atoms with van der Waals surface area (Å²) in [5, 5.41) is 4.37. The van der Waals surface area contributed by atoms with E-state index in [2.05, 4.69) is 9.93 Å². The van der Waals surface area contributed by atoms with Gasteiger partial charge in [0, 0.05) is 11.5 Å². The lowest BCUT2D eigenvalue weighted by Gasteiger charge is -2.24. The third-order valence-electron chi connectivity index (χ3n) is 5.56. The molecule has 3 aromatic carbocycles. The minimum absolute atomic E-state index is 0.130. The van der Waals surface area contributed by atoms with Crippen LogP contribution in [0.3, 0.4) is 0 Å². The van der Waals surface area contributed by atoms with Gasteiger partial charge >= 0.3 is 5.97 Å². The minimum atomic E-state index is -3.86. The fourth-order valence-corrected chi connectivity index (χ4v) is 4.69. The first-order valence-electron chi connectivity index (χ1n) is 10.4. The Morgan fingerprint density at radius 1 is 1.00 bits per heavy atom. The maximum Gasteiger partial charge on any atom is 0.339 e. The van der Waals surface area contributed by atoms with Crippen molar-refractivity contribution in [3.63, 3.8) is 0 Å². The second-order valence-electron chi connectivity index (χ2n) is 7.70. The zero-order valence-corrected chi connectivity index (χ0v) is 18.7. The molecular weight excluding hydrogens is 424 g/mol. The summed E-state index contributed by atoms with van der Waals surface area (Å²) < 4.78 is 31.4. The highest BCUT2D eigenvalue weighted by Gasteiger charge is 2.38. The van der Waals surface area contributed by atoms with Gasteiger partial charge in [0.2, 0.25) is 0 Å². The van der Waals surface area contributed by atoms with Gasteiger partial charge in [-0.2, -0.15) is 18.4 Å². The van der Waals surface area contributed by atoms with Crippen LogP contribution in [0.5, 0.6) is 0 Å². The molecule has 32 heavy (non-hydrogen) atoms. The normalized spacial score (nSPS) is 16.9. The molecule has 7 heteroatoms. The smallest absolute Gasteiger partial charge is 0.339 e. The summed E-state index contributed by atoms with van der Waals surface area (Å²) in [6.07, 6.45) is 0.0400. The molecule has 0 aromatic heterocycles. The minimum Gasteiger partial charge on any atom is -0.453 e. The van der Waals surface area contributed by atoms with Crippen molar-refractivity contribution in [3.8, 4) is 0 Å². The number of nitrogens with zero attached hydrogens (tertiary/aromatic N) is 1. The van der Waals surface area contributed by atoms with Gasteiger partial charge in [-0.15, -0.1) is 0 Å². The summed E-state index contributed by atoms with van der Waals surface area (Å²) in [6, 6.07) is 23.2. The molecule has 0 amide bonds. The molecule has 0 saturated carbocycles. The first-order chi connectivity index (χ1) is 15.4. The summed E-state index contributed by atoms with van der Waals surface area (Å²) in [4.78, 5) is 14.9. The van der Waals surface area contributed by atoms with Crippen LogP contribution in [0.4, 0.5) is 0 Å². The third-order valence-corrected chi connectivity index (χ3v) is 6.79. The second-order valence-corrected chi connectivity index (χ2v) is 9.36. The van der Waals surface area contributed by atoms with Crippen molar-refractivity contribution in [1.82, 2.24) is 4.83 Å². The number of rotatable bonds is 7. The van der Waals surface area contributed by atoms with Gasteiger partial charge < -0.3 is 4.74 Å². The van der Waals surface area contributed by atoms with Crippen LogP contribution in [0.1, 0.15) is 46.5 Å². The number of fused-ring (bicyclic) bond motifs is 1. The lowest BCUT2D eigenvalue weighted by Crippen LogP contribution is -2.28. The topological polar surface area (TPSA) is 84.8 Å². The Morgan fingerprint density at radius 3 is 2.34 bits per heavy atom. The van der Waals surface area contributed by atoms with E-state index in [0.29, 0.717) is 17.7 Å². The number of ether oxygens (including phenoxy) is 1. The van der Waals surface area contributed by atoms with E-state index in [1.165, 1.54) is 0 Å². The standard InChI is InChI=1S/C25H24N2O4S/c1-3-20(24-21-11-7-8-12-22(21)25(28)31-24)23(18-9-5-4-6-10-18)26-27-32(29,30)19-15-13-17(2)14-16-19/h4-16,20,24,27H,3H2,1-2H3/b26-23+/t20-,24-/m1/s1. The van der Waals surface area contributed by atoms with Crippen molar-refractivity contribution in [2.45, 2.75) is 31.3 Å². The number of sulfonamides is 1. The van der Waals surface area contributed by atoms with E-state index in [9.17, 15) is 13.2 Å². The van der Waals surface area contributed by atoms with Gasteiger partial charge in [-0.1, -0.05) is 73.2 Å². The molecule has 164 valence electrons. The number of hydrogen-bond acceptors (Lipinski definition) is 5. The molecule has 1 aliphatic heterocycles. The summed E-state index contributed by atoms with van der Waals surface area (Å²) in [6.45, 7) is 3.86. The van der Waals surface area contributed by atoms with Gasteiger partial charge in [0.15, 0.2) is 0 Å². The average Bonchev–Trinajstić information content (AvgIpc) is 3.14.